The molecule has 0 heterocycles. The summed E-state index contributed by atoms with van der Waals surface area (Å²) in [4.78, 5) is 0. The van der Waals surface area contributed by atoms with Gasteiger partial charge in [0, 0.05) is 11.6 Å². The van der Waals surface area contributed by atoms with Crippen molar-refractivity contribution in [2.75, 3.05) is 0 Å². The van der Waals surface area contributed by atoms with Crippen molar-refractivity contribution in [2.24, 2.45) is 11.1 Å². The molecule has 16 heavy (non-hydrogen) atoms. The molecule has 0 saturated carbocycles. The van der Waals surface area contributed by atoms with Crippen LogP contribution in [0, 0.1) is 11.2 Å². The molecule has 0 saturated heterocycles. The Hall–Kier alpha value is -0.510. The molecule has 3 N–H and O–H groups in total. The Kier molecular flexibility index (Phi) is 5.05. The van der Waals surface area contributed by atoms with Gasteiger partial charge in [-0.25, -0.2) is 4.39 Å². The van der Waals surface area contributed by atoms with Crippen molar-refractivity contribution in [1.29, 1.82) is 0 Å². The summed E-state index contributed by atoms with van der Waals surface area (Å²) in [6, 6.07) is 1.82. The molecule has 0 fully saturated rings. The fourth-order valence-electron chi connectivity index (χ4n) is 1.29. The Morgan fingerprint density at radius 3 is 2.31 bits per heavy atom. The molecule has 5 heteroatoms. The molecule has 0 spiro atoms. The van der Waals surface area contributed by atoms with Crippen molar-refractivity contribution in [3.8, 4) is 5.75 Å². The second kappa shape index (κ2) is 5.21. The van der Waals surface area contributed by atoms with Gasteiger partial charge in [-0.3, -0.25) is 0 Å². The van der Waals surface area contributed by atoms with E-state index in [1.807, 2.05) is 20.8 Å². The number of hydrogen-bond donors (Lipinski definition) is 2. The first kappa shape index (κ1) is 15.5. The number of aromatic hydroxyl groups is 1. The first-order valence-electron chi connectivity index (χ1n) is 4.67. The highest BCUT2D eigenvalue weighted by atomic mass is 35.5. The molecule has 2 nitrogen and oxygen atoms in total. The van der Waals surface area contributed by atoms with Crippen molar-refractivity contribution in [3.63, 3.8) is 0 Å². The Bertz CT molecular complexity index is 377. The lowest BCUT2D eigenvalue weighted by molar-refractivity contribution is 0.317. The minimum absolute atomic E-state index is 0. The average molecular weight is 268 g/mol. The van der Waals surface area contributed by atoms with E-state index in [0.29, 0.717) is 5.56 Å². The van der Waals surface area contributed by atoms with Gasteiger partial charge in [0.15, 0.2) is 0 Å². The van der Waals surface area contributed by atoms with Gasteiger partial charge in [-0.15, -0.1) is 12.4 Å². The summed E-state index contributed by atoms with van der Waals surface area (Å²) in [5, 5.41) is 9.67. The quantitative estimate of drug-likeness (QED) is 0.816. The Morgan fingerprint density at radius 2 is 1.88 bits per heavy atom. The maximum Gasteiger partial charge on any atom is 0.139 e. The van der Waals surface area contributed by atoms with Crippen LogP contribution in [0.3, 0.4) is 0 Å². The van der Waals surface area contributed by atoms with Gasteiger partial charge in [0.05, 0.1) is 5.02 Å². The lowest BCUT2D eigenvalue weighted by Crippen LogP contribution is -2.26. The van der Waals surface area contributed by atoms with Crippen molar-refractivity contribution in [1.82, 2.24) is 0 Å². The van der Waals surface area contributed by atoms with Crippen LogP contribution < -0.4 is 5.73 Å². The van der Waals surface area contributed by atoms with E-state index in [1.165, 1.54) is 6.07 Å². The minimum atomic E-state index is -0.493. The zero-order valence-electron chi connectivity index (χ0n) is 9.42. The van der Waals surface area contributed by atoms with E-state index < -0.39 is 11.9 Å². The van der Waals surface area contributed by atoms with Gasteiger partial charge < -0.3 is 10.8 Å². The second-order valence-electron chi connectivity index (χ2n) is 4.67. The number of phenols is 1. The molecule has 0 aliphatic rings. The van der Waals surface area contributed by atoms with Crippen LogP contribution in [0.25, 0.3) is 0 Å². The van der Waals surface area contributed by atoms with Crippen LogP contribution in [-0.4, -0.2) is 5.11 Å². The summed E-state index contributed by atoms with van der Waals surface area (Å²) in [7, 11) is 0. The van der Waals surface area contributed by atoms with E-state index in [-0.39, 0.29) is 28.6 Å². The van der Waals surface area contributed by atoms with Crippen LogP contribution in [-0.2, 0) is 0 Å². The first-order valence-corrected chi connectivity index (χ1v) is 5.04. The van der Waals surface area contributed by atoms with Gasteiger partial charge in [0.2, 0.25) is 0 Å². The molecular weight excluding hydrogens is 252 g/mol. The number of nitrogens with two attached hydrogens (primary N) is 1. The van der Waals surface area contributed by atoms with Crippen LogP contribution >= 0.6 is 24.0 Å². The molecule has 0 bridgehead atoms. The summed E-state index contributed by atoms with van der Waals surface area (Å²) < 4.78 is 13.1. The lowest BCUT2D eigenvalue weighted by Gasteiger charge is -2.28. The third-order valence-corrected chi connectivity index (χ3v) is 2.61. The zero-order valence-corrected chi connectivity index (χ0v) is 11.0. The van der Waals surface area contributed by atoms with Gasteiger partial charge in [-0.2, -0.15) is 0 Å². The average Bonchev–Trinajstić information content (AvgIpc) is 2.08. The van der Waals surface area contributed by atoms with Crippen LogP contribution in [0.5, 0.6) is 5.75 Å². The van der Waals surface area contributed by atoms with Gasteiger partial charge in [0.25, 0.3) is 0 Å². The van der Waals surface area contributed by atoms with E-state index in [4.69, 9.17) is 17.3 Å². The fourth-order valence-corrected chi connectivity index (χ4v) is 1.50. The molecule has 1 aromatic carbocycles. The van der Waals surface area contributed by atoms with Crippen molar-refractivity contribution in [3.05, 3.63) is 28.5 Å². The summed E-state index contributed by atoms with van der Waals surface area (Å²) in [5.41, 5.74) is 6.00. The van der Waals surface area contributed by atoms with Crippen molar-refractivity contribution < 1.29 is 9.50 Å². The number of benzene rings is 1. The molecule has 92 valence electrons. The van der Waals surface area contributed by atoms with Crippen LogP contribution in [0.1, 0.15) is 32.4 Å². The summed E-state index contributed by atoms with van der Waals surface area (Å²) >= 11 is 5.67. The van der Waals surface area contributed by atoms with Crippen molar-refractivity contribution in [2.45, 2.75) is 26.8 Å². The molecular formula is C11H16Cl2FNO. The van der Waals surface area contributed by atoms with Crippen molar-refractivity contribution >= 4 is 24.0 Å². The van der Waals surface area contributed by atoms with Crippen LogP contribution in [0.2, 0.25) is 5.02 Å². The van der Waals surface area contributed by atoms with E-state index in [2.05, 4.69) is 0 Å². The number of phenolic OH excluding ortho intramolecular Hbond substituents is 1. The van der Waals surface area contributed by atoms with Gasteiger partial charge in [-0.1, -0.05) is 32.4 Å². The van der Waals surface area contributed by atoms with Crippen LogP contribution in [0.4, 0.5) is 4.39 Å². The fraction of sp³-hybridized carbons (Fsp3) is 0.455. The smallest absolute Gasteiger partial charge is 0.139 e. The van der Waals surface area contributed by atoms with Crippen LogP contribution in [0.15, 0.2) is 12.1 Å². The zero-order chi connectivity index (χ0) is 11.8. The van der Waals surface area contributed by atoms with E-state index in [9.17, 15) is 9.50 Å². The number of rotatable bonds is 1. The SMILES string of the molecule is CC(C)(C)[C@H](N)c1cc(F)cc(Cl)c1O.Cl. The molecule has 0 aliphatic carbocycles. The molecule has 0 radical (unpaired) electrons. The molecule has 1 aromatic rings. The Balaban J connectivity index is 0.00000225. The highest BCUT2D eigenvalue weighted by Gasteiger charge is 2.26. The first-order chi connectivity index (χ1) is 6.73. The second-order valence-corrected chi connectivity index (χ2v) is 5.08. The number of halogens is 3. The third-order valence-electron chi connectivity index (χ3n) is 2.33. The normalized spacial score (nSPS) is 13.1. The van der Waals surface area contributed by atoms with Gasteiger partial charge in [-0.05, 0) is 17.5 Å². The number of hydrogen-bond acceptors (Lipinski definition) is 2. The predicted octanol–water partition coefficient (Wildman–Crippen LogP) is 3.65. The highest BCUT2D eigenvalue weighted by molar-refractivity contribution is 6.32. The van der Waals surface area contributed by atoms with E-state index in [0.717, 1.165) is 6.07 Å². The molecule has 0 unspecified atom stereocenters. The van der Waals surface area contributed by atoms with E-state index in [1.54, 1.807) is 0 Å². The third kappa shape index (κ3) is 3.24. The van der Waals surface area contributed by atoms with Gasteiger partial charge >= 0.3 is 0 Å². The van der Waals surface area contributed by atoms with Gasteiger partial charge in [0.1, 0.15) is 11.6 Å². The Labute approximate surface area is 106 Å². The summed E-state index contributed by atoms with van der Waals surface area (Å²) in [6.07, 6.45) is 0. The monoisotopic (exact) mass is 267 g/mol. The lowest BCUT2D eigenvalue weighted by atomic mass is 9.83. The standard InChI is InChI=1S/C11H15ClFNO.ClH/c1-11(2,3)10(14)7-4-6(13)5-8(12)9(7)15;/h4-5,10,15H,14H2,1-3H3;1H/t10-;/m1./s1. The Morgan fingerprint density at radius 1 is 1.38 bits per heavy atom. The van der Waals surface area contributed by atoms with E-state index >= 15 is 0 Å². The topological polar surface area (TPSA) is 46.2 Å². The summed E-state index contributed by atoms with van der Waals surface area (Å²) in [6.45, 7) is 5.74. The molecule has 1 atom stereocenters. The molecule has 1 rings (SSSR count). The molecule has 0 aliphatic heterocycles. The predicted molar refractivity (Wildman–Crippen MR) is 66.7 cm³/mol. The largest absolute Gasteiger partial charge is 0.506 e. The highest BCUT2D eigenvalue weighted by Crippen LogP contribution is 2.38. The molecule has 0 amide bonds. The molecule has 0 aromatic heterocycles. The minimum Gasteiger partial charge on any atom is -0.506 e. The summed E-state index contributed by atoms with van der Waals surface area (Å²) in [5.74, 6) is -0.631. The maximum atomic E-state index is 13.1. The maximum absolute atomic E-state index is 13.1.